The van der Waals surface area contributed by atoms with Gasteiger partial charge in [-0.1, -0.05) is 36.4 Å². The van der Waals surface area contributed by atoms with Gasteiger partial charge in [0.15, 0.2) is 0 Å². The van der Waals surface area contributed by atoms with E-state index in [2.05, 4.69) is 17.1 Å². The third kappa shape index (κ3) is 3.14. The van der Waals surface area contributed by atoms with E-state index < -0.39 is 5.97 Å². The van der Waals surface area contributed by atoms with Gasteiger partial charge in [0.2, 0.25) is 0 Å². The summed E-state index contributed by atoms with van der Waals surface area (Å²) in [6.45, 7) is 0. The lowest BCUT2D eigenvalue weighted by molar-refractivity contribution is -0.136. The lowest BCUT2D eigenvalue weighted by Crippen LogP contribution is -2.02. The number of nitrogens with zero attached hydrogens (tertiary/aromatic N) is 1. The monoisotopic (exact) mass is 227 g/mol. The molecule has 1 N–H and O–H groups in total. The molecule has 3 heteroatoms. The Morgan fingerprint density at radius 1 is 1.35 bits per heavy atom. The van der Waals surface area contributed by atoms with Gasteiger partial charge in [0.05, 0.1) is 12.1 Å². The molecule has 0 amide bonds. The summed E-state index contributed by atoms with van der Waals surface area (Å²) >= 11 is 0. The van der Waals surface area contributed by atoms with Crippen molar-refractivity contribution in [3.05, 3.63) is 60.0 Å². The average molecular weight is 227 g/mol. The van der Waals surface area contributed by atoms with E-state index in [0.29, 0.717) is 5.69 Å². The van der Waals surface area contributed by atoms with Gasteiger partial charge in [0, 0.05) is 6.20 Å². The number of allylic oxidation sites excluding steroid dienone is 6. The van der Waals surface area contributed by atoms with Crippen LogP contribution < -0.4 is 0 Å². The van der Waals surface area contributed by atoms with Crippen LogP contribution in [0.2, 0.25) is 0 Å². The smallest absolute Gasteiger partial charge is 0.309 e. The van der Waals surface area contributed by atoms with Crippen LogP contribution in [0.15, 0.2) is 48.7 Å². The fourth-order valence-corrected chi connectivity index (χ4v) is 1.65. The zero-order chi connectivity index (χ0) is 12.1. The van der Waals surface area contributed by atoms with Crippen LogP contribution in [0.1, 0.15) is 17.7 Å². The molecular weight excluding hydrogens is 214 g/mol. The van der Waals surface area contributed by atoms with Crippen molar-refractivity contribution in [1.82, 2.24) is 4.98 Å². The topological polar surface area (TPSA) is 50.2 Å². The molecule has 0 aromatic carbocycles. The first-order valence-corrected chi connectivity index (χ1v) is 5.46. The molecule has 2 rings (SSSR count). The fourth-order valence-electron chi connectivity index (χ4n) is 1.65. The first-order valence-electron chi connectivity index (χ1n) is 5.46. The van der Waals surface area contributed by atoms with E-state index in [1.54, 1.807) is 12.3 Å². The quantitative estimate of drug-likeness (QED) is 0.863. The van der Waals surface area contributed by atoms with E-state index >= 15 is 0 Å². The SMILES string of the molecule is O=C(O)Cc1ccc(C2=CCC=CC=C2)cn1. The van der Waals surface area contributed by atoms with Gasteiger partial charge in [-0.15, -0.1) is 0 Å². The van der Waals surface area contributed by atoms with Gasteiger partial charge in [-0.2, -0.15) is 0 Å². The van der Waals surface area contributed by atoms with Crippen LogP contribution in [0.5, 0.6) is 0 Å². The zero-order valence-electron chi connectivity index (χ0n) is 9.34. The fraction of sp³-hybridized carbons (Fsp3) is 0.143. The summed E-state index contributed by atoms with van der Waals surface area (Å²) in [5.74, 6) is -0.858. The molecule has 3 nitrogen and oxygen atoms in total. The number of carboxylic acid groups (broad SMARTS) is 1. The minimum Gasteiger partial charge on any atom is -0.481 e. The van der Waals surface area contributed by atoms with Gasteiger partial charge in [0.25, 0.3) is 0 Å². The second-order valence-corrected chi connectivity index (χ2v) is 3.79. The second kappa shape index (κ2) is 5.25. The molecule has 1 aromatic heterocycles. The van der Waals surface area contributed by atoms with E-state index in [1.165, 1.54) is 0 Å². The summed E-state index contributed by atoms with van der Waals surface area (Å²) < 4.78 is 0. The molecule has 0 radical (unpaired) electrons. The summed E-state index contributed by atoms with van der Waals surface area (Å²) in [5.41, 5.74) is 2.71. The van der Waals surface area contributed by atoms with E-state index in [4.69, 9.17) is 5.11 Å². The molecular formula is C14H13NO2. The van der Waals surface area contributed by atoms with Crippen LogP contribution in [-0.2, 0) is 11.2 Å². The van der Waals surface area contributed by atoms with E-state index in [1.807, 2.05) is 24.3 Å². The Labute approximate surface area is 99.8 Å². The molecule has 1 aromatic rings. The summed E-state index contributed by atoms with van der Waals surface area (Å²) in [6, 6.07) is 3.67. The predicted molar refractivity (Wildman–Crippen MR) is 66.5 cm³/mol. The van der Waals surface area contributed by atoms with Crippen LogP contribution >= 0.6 is 0 Å². The molecule has 0 aliphatic heterocycles. The second-order valence-electron chi connectivity index (χ2n) is 3.79. The number of aliphatic carboxylic acids is 1. The van der Waals surface area contributed by atoms with Crippen molar-refractivity contribution >= 4 is 11.5 Å². The molecule has 0 bridgehead atoms. The highest BCUT2D eigenvalue weighted by molar-refractivity contribution is 5.75. The minimum atomic E-state index is -0.858. The van der Waals surface area contributed by atoms with Crippen LogP contribution in [0, 0.1) is 0 Å². The van der Waals surface area contributed by atoms with Gasteiger partial charge in [0.1, 0.15) is 0 Å². The van der Waals surface area contributed by atoms with Crippen molar-refractivity contribution in [3.8, 4) is 0 Å². The number of hydrogen-bond acceptors (Lipinski definition) is 2. The molecule has 1 aliphatic rings. The third-order valence-corrected chi connectivity index (χ3v) is 2.49. The van der Waals surface area contributed by atoms with Crippen LogP contribution in [0.25, 0.3) is 5.57 Å². The maximum atomic E-state index is 10.5. The lowest BCUT2D eigenvalue weighted by Gasteiger charge is -2.02. The Balaban J connectivity index is 2.17. The lowest BCUT2D eigenvalue weighted by atomic mass is 10.1. The molecule has 0 atom stereocenters. The number of aromatic nitrogens is 1. The highest BCUT2D eigenvalue weighted by Crippen LogP contribution is 2.18. The normalized spacial score (nSPS) is 14.2. The number of carbonyl (C=O) groups is 1. The molecule has 86 valence electrons. The largest absolute Gasteiger partial charge is 0.481 e. The summed E-state index contributed by atoms with van der Waals surface area (Å²) in [4.78, 5) is 14.7. The maximum Gasteiger partial charge on any atom is 0.309 e. The molecule has 0 saturated carbocycles. The molecule has 0 fully saturated rings. The summed E-state index contributed by atoms with van der Waals surface area (Å²) in [7, 11) is 0. The Kier molecular flexibility index (Phi) is 3.50. The van der Waals surface area contributed by atoms with Crippen molar-refractivity contribution in [2.45, 2.75) is 12.8 Å². The van der Waals surface area contributed by atoms with Gasteiger partial charge in [-0.05, 0) is 23.6 Å². The van der Waals surface area contributed by atoms with E-state index in [9.17, 15) is 4.79 Å². The number of rotatable bonds is 3. The van der Waals surface area contributed by atoms with Crippen LogP contribution in [0.4, 0.5) is 0 Å². The van der Waals surface area contributed by atoms with Gasteiger partial charge in [-0.25, -0.2) is 0 Å². The highest BCUT2D eigenvalue weighted by atomic mass is 16.4. The number of pyridine rings is 1. The molecule has 17 heavy (non-hydrogen) atoms. The van der Waals surface area contributed by atoms with E-state index in [0.717, 1.165) is 17.6 Å². The number of carboxylic acids is 1. The maximum absolute atomic E-state index is 10.5. The van der Waals surface area contributed by atoms with Crippen LogP contribution in [0.3, 0.4) is 0 Å². The zero-order valence-corrected chi connectivity index (χ0v) is 9.34. The third-order valence-electron chi connectivity index (χ3n) is 2.49. The van der Waals surface area contributed by atoms with Gasteiger partial charge in [-0.3, -0.25) is 9.78 Å². The van der Waals surface area contributed by atoms with Crippen LogP contribution in [-0.4, -0.2) is 16.1 Å². The van der Waals surface area contributed by atoms with Crippen molar-refractivity contribution in [1.29, 1.82) is 0 Å². The first-order chi connectivity index (χ1) is 8.25. The van der Waals surface area contributed by atoms with Crippen molar-refractivity contribution in [3.63, 3.8) is 0 Å². The predicted octanol–water partition coefficient (Wildman–Crippen LogP) is 2.61. The minimum absolute atomic E-state index is 0.0310. The highest BCUT2D eigenvalue weighted by Gasteiger charge is 2.03. The summed E-state index contributed by atoms with van der Waals surface area (Å²) in [6.07, 6.45) is 12.8. The van der Waals surface area contributed by atoms with Gasteiger partial charge < -0.3 is 5.11 Å². The van der Waals surface area contributed by atoms with Crippen molar-refractivity contribution < 1.29 is 9.90 Å². The molecule has 1 heterocycles. The molecule has 0 unspecified atom stereocenters. The Morgan fingerprint density at radius 3 is 2.94 bits per heavy atom. The molecule has 0 spiro atoms. The average Bonchev–Trinajstić information content (AvgIpc) is 2.58. The van der Waals surface area contributed by atoms with Crippen molar-refractivity contribution in [2.24, 2.45) is 0 Å². The first kappa shape index (κ1) is 11.3. The molecule has 1 aliphatic carbocycles. The molecule has 0 saturated heterocycles. The standard InChI is InChI=1S/C14H13NO2/c16-14(17)9-13-8-7-12(10-15-13)11-5-3-1-2-4-6-11/h1-3,5-8,10H,4,9H2,(H,16,17). The number of hydrogen-bond donors (Lipinski definition) is 1. The van der Waals surface area contributed by atoms with Crippen molar-refractivity contribution in [2.75, 3.05) is 0 Å². The van der Waals surface area contributed by atoms with E-state index in [-0.39, 0.29) is 6.42 Å². The Bertz CT molecular complexity index is 495. The Morgan fingerprint density at radius 2 is 2.24 bits per heavy atom. The van der Waals surface area contributed by atoms with Gasteiger partial charge >= 0.3 is 5.97 Å². The summed E-state index contributed by atoms with van der Waals surface area (Å²) in [5, 5.41) is 8.65. The Hall–Kier alpha value is -2.16.